The highest BCUT2D eigenvalue weighted by Gasteiger charge is 2.29. The number of halogens is 2. The van der Waals surface area contributed by atoms with Crippen molar-refractivity contribution in [3.8, 4) is 11.3 Å². The molecule has 1 amide bonds. The number of benzene rings is 3. The number of hydrogen-bond acceptors (Lipinski definition) is 5. The van der Waals surface area contributed by atoms with E-state index in [4.69, 9.17) is 32.4 Å². The van der Waals surface area contributed by atoms with Crippen molar-refractivity contribution in [3.63, 3.8) is 0 Å². The lowest BCUT2D eigenvalue weighted by Crippen LogP contribution is -2.21. The van der Waals surface area contributed by atoms with Gasteiger partial charge in [-0.25, -0.2) is 4.79 Å². The van der Waals surface area contributed by atoms with Gasteiger partial charge in [0, 0.05) is 17.0 Å². The van der Waals surface area contributed by atoms with Gasteiger partial charge in [0.25, 0.3) is 5.91 Å². The molecule has 0 saturated heterocycles. The molecule has 1 aliphatic heterocycles. The van der Waals surface area contributed by atoms with Gasteiger partial charge in [-0.15, -0.1) is 0 Å². The quantitative estimate of drug-likeness (QED) is 0.179. The molecular formula is C30H22Cl2N2O4. The van der Waals surface area contributed by atoms with E-state index < -0.39 is 5.97 Å². The van der Waals surface area contributed by atoms with E-state index in [2.05, 4.69) is 5.10 Å². The van der Waals surface area contributed by atoms with Crippen molar-refractivity contribution in [1.82, 2.24) is 0 Å². The van der Waals surface area contributed by atoms with Crippen LogP contribution in [0.4, 0.5) is 5.69 Å². The zero-order valence-electron chi connectivity index (χ0n) is 20.4. The molecule has 1 aromatic heterocycles. The summed E-state index contributed by atoms with van der Waals surface area (Å²) in [5.74, 6) is 0.187. The molecule has 1 aliphatic rings. The molecule has 0 radical (unpaired) electrons. The predicted octanol–water partition coefficient (Wildman–Crippen LogP) is 7.46. The minimum absolute atomic E-state index is 0.239. The molecule has 38 heavy (non-hydrogen) atoms. The van der Waals surface area contributed by atoms with Gasteiger partial charge in [-0.05, 0) is 67.1 Å². The van der Waals surface area contributed by atoms with Gasteiger partial charge in [0.05, 0.1) is 34.2 Å². The molecule has 0 aliphatic carbocycles. The Morgan fingerprint density at radius 3 is 2.61 bits per heavy atom. The Hall–Kier alpha value is -4.13. The van der Waals surface area contributed by atoms with E-state index in [1.165, 1.54) is 5.01 Å². The molecule has 4 aromatic rings. The third kappa shape index (κ3) is 5.57. The normalized spacial score (nSPS) is 14.2. The lowest BCUT2D eigenvalue weighted by molar-refractivity contribution is -0.114. The van der Waals surface area contributed by atoms with Crippen LogP contribution in [-0.4, -0.2) is 24.2 Å². The van der Waals surface area contributed by atoms with Gasteiger partial charge in [-0.2, -0.15) is 10.1 Å². The highest BCUT2D eigenvalue weighted by Crippen LogP contribution is 2.30. The van der Waals surface area contributed by atoms with Crippen molar-refractivity contribution in [1.29, 1.82) is 0 Å². The molecule has 0 fully saturated rings. The van der Waals surface area contributed by atoms with Crippen LogP contribution in [0.5, 0.6) is 0 Å². The molecule has 0 N–H and O–H groups in total. The molecule has 0 atom stereocenters. The maximum absolute atomic E-state index is 13.0. The largest absolute Gasteiger partial charge is 0.462 e. The lowest BCUT2D eigenvalue weighted by Gasteiger charge is -2.11. The molecular weight excluding hydrogens is 523 g/mol. The van der Waals surface area contributed by atoms with E-state index in [9.17, 15) is 9.59 Å². The second-order valence-corrected chi connectivity index (χ2v) is 9.45. The number of furan rings is 1. The average Bonchev–Trinajstić information content (AvgIpc) is 3.50. The molecule has 6 nitrogen and oxygen atoms in total. The summed E-state index contributed by atoms with van der Waals surface area (Å²) in [6.45, 7) is 2.00. The van der Waals surface area contributed by atoms with Crippen molar-refractivity contribution in [3.05, 3.63) is 117 Å². The third-order valence-electron chi connectivity index (χ3n) is 5.97. The number of hydrazone groups is 1. The summed E-state index contributed by atoms with van der Waals surface area (Å²) in [5, 5.41) is 6.49. The van der Waals surface area contributed by atoms with Crippen LogP contribution in [0.1, 0.15) is 28.6 Å². The van der Waals surface area contributed by atoms with Crippen LogP contribution < -0.4 is 5.01 Å². The summed E-state index contributed by atoms with van der Waals surface area (Å²) in [5.41, 5.74) is 3.52. The first kappa shape index (κ1) is 25.5. The fraction of sp³-hybridized carbons (Fsp3) is 0.100. The van der Waals surface area contributed by atoms with Crippen molar-refractivity contribution >= 4 is 52.6 Å². The maximum atomic E-state index is 13.0. The minimum Gasteiger partial charge on any atom is -0.462 e. The number of carbonyl (C=O) groups is 2. The third-order valence-corrected chi connectivity index (χ3v) is 6.53. The molecule has 0 saturated carbocycles. The molecule has 0 bridgehead atoms. The van der Waals surface area contributed by atoms with Crippen molar-refractivity contribution in [2.24, 2.45) is 5.10 Å². The van der Waals surface area contributed by atoms with Gasteiger partial charge < -0.3 is 9.15 Å². The van der Waals surface area contributed by atoms with Crippen molar-refractivity contribution < 1.29 is 18.7 Å². The Bertz CT molecular complexity index is 1570. The van der Waals surface area contributed by atoms with Gasteiger partial charge in [0.1, 0.15) is 11.5 Å². The Balaban J connectivity index is 1.31. The smallest absolute Gasteiger partial charge is 0.339 e. The first-order valence-electron chi connectivity index (χ1n) is 11.9. The Labute approximate surface area is 229 Å². The monoisotopic (exact) mass is 544 g/mol. The van der Waals surface area contributed by atoms with Crippen LogP contribution in [0.3, 0.4) is 0 Å². The summed E-state index contributed by atoms with van der Waals surface area (Å²) in [7, 11) is 0. The Kier molecular flexibility index (Phi) is 7.45. The second-order valence-electron chi connectivity index (χ2n) is 8.61. The molecule has 2 heterocycles. The SMILES string of the molecule is CC1=NN(c2cccc(Cl)c2)C(=O)C1=Cc1ccc(-c2ccc(Cl)c(C(=O)OCCc3ccccc3)c2)o1. The van der Waals surface area contributed by atoms with E-state index in [0.717, 1.165) is 5.56 Å². The summed E-state index contributed by atoms with van der Waals surface area (Å²) >= 11 is 12.4. The highest BCUT2D eigenvalue weighted by molar-refractivity contribution is 6.34. The van der Waals surface area contributed by atoms with Gasteiger partial charge in [-0.3, -0.25) is 4.79 Å². The van der Waals surface area contributed by atoms with Gasteiger partial charge in [0.15, 0.2) is 0 Å². The fourth-order valence-corrected chi connectivity index (χ4v) is 4.39. The van der Waals surface area contributed by atoms with Crippen LogP contribution in [0.25, 0.3) is 17.4 Å². The van der Waals surface area contributed by atoms with Crippen molar-refractivity contribution in [2.75, 3.05) is 11.6 Å². The number of hydrogen-bond donors (Lipinski definition) is 0. The van der Waals surface area contributed by atoms with Gasteiger partial charge >= 0.3 is 5.97 Å². The molecule has 0 spiro atoms. The van der Waals surface area contributed by atoms with Crippen LogP contribution in [0, 0.1) is 0 Å². The maximum Gasteiger partial charge on any atom is 0.339 e. The van der Waals surface area contributed by atoms with Gasteiger partial charge in [-0.1, -0.05) is 59.6 Å². The Morgan fingerprint density at radius 2 is 1.82 bits per heavy atom. The summed E-state index contributed by atoms with van der Waals surface area (Å²) in [6.07, 6.45) is 2.25. The highest BCUT2D eigenvalue weighted by atomic mass is 35.5. The van der Waals surface area contributed by atoms with E-state index in [0.29, 0.717) is 45.5 Å². The van der Waals surface area contributed by atoms with E-state index >= 15 is 0 Å². The lowest BCUT2D eigenvalue weighted by atomic mass is 10.1. The number of anilines is 1. The predicted molar refractivity (Wildman–Crippen MR) is 150 cm³/mol. The number of rotatable bonds is 7. The molecule has 8 heteroatoms. The zero-order valence-corrected chi connectivity index (χ0v) is 21.9. The fourth-order valence-electron chi connectivity index (χ4n) is 4.01. The van der Waals surface area contributed by atoms with E-state index in [-0.39, 0.29) is 23.1 Å². The summed E-state index contributed by atoms with van der Waals surface area (Å²) < 4.78 is 11.4. The average molecular weight is 545 g/mol. The van der Waals surface area contributed by atoms with Crippen LogP contribution in [0.2, 0.25) is 10.0 Å². The number of amides is 1. The van der Waals surface area contributed by atoms with Crippen LogP contribution in [-0.2, 0) is 16.0 Å². The minimum atomic E-state index is -0.508. The van der Waals surface area contributed by atoms with Gasteiger partial charge in [0.2, 0.25) is 0 Å². The second kappa shape index (κ2) is 11.1. The van der Waals surface area contributed by atoms with Crippen LogP contribution in [0.15, 0.2) is 100 Å². The molecule has 0 unspecified atom stereocenters. The number of esters is 1. The summed E-state index contributed by atoms with van der Waals surface area (Å²) in [4.78, 5) is 25.7. The summed E-state index contributed by atoms with van der Waals surface area (Å²) in [6, 6.07) is 25.2. The Morgan fingerprint density at radius 1 is 1.00 bits per heavy atom. The molecule has 3 aromatic carbocycles. The molecule has 5 rings (SSSR count). The van der Waals surface area contributed by atoms with Crippen molar-refractivity contribution in [2.45, 2.75) is 13.3 Å². The topological polar surface area (TPSA) is 72.1 Å². The zero-order chi connectivity index (χ0) is 26.6. The number of ether oxygens (including phenoxy) is 1. The van der Waals surface area contributed by atoms with E-state index in [1.807, 2.05) is 30.3 Å². The molecule has 190 valence electrons. The van der Waals surface area contributed by atoms with E-state index in [1.54, 1.807) is 67.6 Å². The number of nitrogens with zero attached hydrogens (tertiary/aromatic N) is 2. The standard InChI is InChI=1S/C30H22Cl2N2O4/c1-19-25(29(35)34(33-19)23-9-5-8-22(31)17-23)18-24-11-13-28(38-24)21-10-12-27(32)26(16-21)30(36)37-15-14-20-6-3-2-4-7-20/h2-13,16-18H,14-15H2,1H3. The van der Waals surface area contributed by atoms with Crippen LogP contribution >= 0.6 is 23.2 Å². The first-order chi connectivity index (χ1) is 18.4. The number of carbonyl (C=O) groups excluding carboxylic acids is 2. The first-order valence-corrected chi connectivity index (χ1v) is 12.6.